The third-order valence-electron chi connectivity index (χ3n) is 2.49. The number of carbonyl (C=O) groups is 2. The van der Waals surface area contributed by atoms with E-state index < -0.39 is 6.04 Å². The zero-order valence-corrected chi connectivity index (χ0v) is 11.5. The van der Waals surface area contributed by atoms with Gasteiger partial charge < -0.3 is 15.4 Å². The van der Waals surface area contributed by atoms with Crippen molar-refractivity contribution in [3.05, 3.63) is 35.9 Å². The van der Waals surface area contributed by atoms with Crippen molar-refractivity contribution in [1.29, 1.82) is 0 Å². The molecule has 5 nitrogen and oxygen atoms in total. The smallest absolute Gasteiger partial charge is 0.246 e. The van der Waals surface area contributed by atoms with Gasteiger partial charge in [0, 0.05) is 7.05 Å². The molecule has 1 rings (SSSR count). The predicted molar refractivity (Wildman–Crippen MR) is 72.5 cm³/mol. The summed E-state index contributed by atoms with van der Waals surface area (Å²) < 4.78 is 5.21. The zero-order chi connectivity index (χ0) is 14.3. The first kappa shape index (κ1) is 15.2. The molecular formula is C14H20N2O3. The highest BCUT2D eigenvalue weighted by Crippen LogP contribution is 2.12. The van der Waals surface area contributed by atoms with Gasteiger partial charge in [-0.3, -0.25) is 9.59 Å². The van der Waals surface area contributed by atoms with E-state index in [2.05, 4.69) is 10.6 Å². The van der Waals surface area contributed by atoms with Crippen LogP contribution in [-0.4, -0.2) is 31.6 Å². The van der Waals surface area contributed by atoms with E-state index in [1.165, 1.54) is 7.05 Å². The summed E-state index contributed by atoms with van der Waals surface area (Å²) in [6, 6.07) is 8.39. The lowest BCUT2D eigenvalue weighted by Gasteiger charge is -2.18. The summed E-state index contributed by atoms with van der Waals surface area (Å²) in [6.07, 6.45) is -0.0269. The number of likely N-dealkylation sites (N-methyl/N-ethyl adjacent to an activating group) is 1. The Labute approximate surface area is 113 Å². The lowest BCUT2D eigenvalue weighted by molar-refractivity contribution is -0.132. The maximum Gasteiger partial charge on any atom is 0.246 e. The first-order chi connectivity index (χ1) is 9.04. The SMILES string of the molecule is CNC(=O)C(NC(=O)COC(C)C)c1ccccc1. The van der Waals surface area contributed by atoms with Crippen molar-refractivity contribution in [3.8, 4) is 0 Å². The fourth-order valence-electron chi connectivity index (χ4n) is 1.54. The molecule has 0 heterocycles. The molecule has 0 fully saturated rings. The molecule has 0 radical (unpaired) electrons. The van der Waals surface area contributed by atoms with Crippen LogP contribution in [0.25, 0.3) is 0 Å². The van der Waals surface area contributed by atoms with E-state index in [1.54, 1.807) is 12.1 Å². The van der Waals surface area contributed by atoms with E-state index in [9.17, 15) is 9.59 Å². The number of rotatable bonds is 6. The lowest BCUT2D eigenvalue weighted by Crippen LogP contribution is -2.40. The van der Waals surface area contributed by atoms with Crippen molar-refractivity contribution in [3.63, 3.8) is 0 Å². The third kappa shape index (κ3) is 5.09. The number of ether oxygens (including phenoxy) is 1. The normalized spacial score (nSPS) is 12.0. The summed E-state index contributed by atoms with van der Waals surface area (Å²) in [4.78, 5) is 23.6. The van der Waals surface area contributed by atoms with E-state index >= 15 is 0 Å². The van der Waals surface area contributed by atoms with Gasteiger partial charge in [-0.25, -0.2) is 0 Å². The van der Waals surface area contributed by atoms with Crippen LogP contribution in [0.2, 0.25) is 0 Å². The Morgan fingerprint density at radius 3 is 2.37 bits per heavy atom. The molecule has 1 aromatic rings. The minimum atomic E-state index is -0.700. The van der Waals surface area contributed by atoms with Crippen LogP contribution < -0.4 is 10.6 Å². The lowest BCUT2D eigenvalue weighted by atomic mass is 10.1. The van der Waals surface area contributed by atoms with Gasteiger partial charge in [0.25, 0.3) is 0 Å². The van der Waals surface area contributed by atoms with Crippen LogP contribution in [0.5, 0.6) is 0 Å². The first-order valence-corrected chi connectivity index (χ1v) is 6.22. The van der Waals surface area contributed by atoms with Crippen LogP contribution >= 0.6 is 0 Å². The Balaban J connectivity index is 2.71. The van der Waals surface area contributed by atoms with E-state index in [-0.39, 0.29) is 24.5 Å². The minimum absolute atomic E-state index is 0.0269. The van der Waals surface area contributed by atoms with Gasteiger partial charge in [-0.2, -0.15) is 0 Å². The highest BCUT2D eigenvalue weighted by Gasteiger charge is 2.21. The molecule has 1 unspecified atom stereocenters. The summed E-state index contributed by atoms with van der Waals surface area (Å²) >= 11 is 0. The van der Waals surface area contributed by atoms with Crippen LogP contribution in [0.1, 0.15) is 25.5 Å². The second-order valence-electron chi connectivity index (χ2n) is 4.39. The Kier molecular flexibility index (Phi) is 6.02. The zero-order valence-electron chi connectivity index (χ0n) is 11.5. The molecule has 0 saturated heterocycles. The van der Waals surface area contributed by atoms with Crippen molar-refractivity contribution < 1.29 is 14.3 Å². The monoisotopic (exact) mass is 264 g/mol. The van der Waals surface area contributed by atoms with Gasteiger partial charge in [-0.05, 0) is 19.4 Å². The van der Waals surface area contributed by atoms with Gasteiger partial charge in [0.2, 0.25) is 11.8 Å². The Morgan fingerprint density at radius 1 is 1.21 bits per heavy atom. The fraction of sp³-hybridized carbons (Fsp3) is 0.429. The number of benzene rings is 1. The maximum atomic E-state index is 11.8. The van der Waals surface area contributed by atoms with Crippen molar-refractivity contribution in [2.45, 2.75) is 26.0 Å². The Hall–Kier alpha value is -1.88. The van der Waals surface area contributed by atoms with Crippen LogP contribution in [0.4, 0.5) is 0 Å². The minimum Gasteiger partial charge on any atom is -0.369 e. The van der Waals surface area contributed by atoms with Gasteiger partial charge in [0.1, 0.15) is 12.6 Å². The van der Waals surface area contributed by atoms with E-state index in [4.69, 9.17) is 4.74 Å². The number of nitrogens with one attached hydrogen (secondary N) is 2. The molecule has 2 amide bonds. The molecule has 5 heteroatoms. The molecule has 104 valence electrons. The van der Waals surface area contributed by atoms with E-state index in [0.717, 1.165) is 5.56 Å². The van der Waals surface area contributed by atoms with Crippen molar-refractivity contribution in [1.82, 2.24) is 10.6 Å². The van der Waals surface area contributed by atoms with Crippen LogP contribution in [0.15, 0.2) is 30.3 Å². The number of hydrogen-bond donors (Lipinski definition) is 2. The second-order valence-corrected chi connectivity index (χ2v) is 4.39. The van der Waals surface area contributed by atoms with Gasteiger partial charge in [0.15, 0.2) is 0 Å². The van der Waals surface area contributed by atoms with Crippen LogP contribution in [0.3, 0.4) is 0 Å². The molecule has 0 bridgehead atoms. The summed E-state index contributed by atoms with van der Waals surface area (Å²) in [6.45, 7) is 3.64. The highest BCUT2D eigenvalue weighted by molar-refractivity contribution is 5.88. The van der Waals surface area contributed by atoms with E-state index in [0.29, 0.717) is 0 Å². The van der Waals surface area contributed by atoms with Crippen LogP contribution in [0, 0.1) is 0 Å². The predicted octanol–water partition coefficient (Wildman–Crippen LogP) is 1.01. The standard InChI is InChI=1S/C14H20N2O3/c1-10(2)19-9-12(17)16-13(14(18)15-3)11-7-5-4-6-8-11/h4-8,10,13H,9H2,1-3H3,(H,15,18)(H,16,17). The number of amides is 2. The molecule has 2 N–H and O–H groups in total. The Morgan fingerprint density at radius 2 is 1.84 bits per heavy atom. The molecule has 1 atom stereocenters. The molecule has 0 aliphatic rings. The van der Waals surface area contributed by atoms with Crippen molar-refractivity contribution >= 4 is 11.8 Å². The highest BCUT2D eigenvalue weighted by atomic mass is 16.5. The summed E-state index contributed by atoms with van der Waals surface area (Å²) in [7, 11) is 1.54. The topological polar surface area (TPSA) is 67.4 Å². The second kappa shape index (κ2) is 7.53. The quantitative estimate of drug-likeness (QED) is 0.806. The van der Waals surface area contributed by atoms with Crippen molar-refractivity contribution in [2.24, 2.45) is 0 Å². The molecular weight excluding hydrogens is 244 g/mol. The molecule has 19 heavy (non-hydrogen) atoms. The van der Waals surface area contributed by atoms with Gasteiger partial charge in [-0.15, -0.1) is 0 Å². The van der Waals surface area contributed by atoms with Gasteiger partial charge >= 0.3 is 0 Å². The molecule has 0 aromatic heterocycles. The fourth-order valence-corrected chi connectivity index (χ4v) is 1.54. The van der Waals surface area contributed by atoms with Gasteiger partial charge in [-0.1, -0.05) is 30.3 Å². The number of carbonyl (C=O) groups excluding carboxylic acids is 2. The maximum absolute atomic E-state index is 11.8. The van der Waals surface area contributed by atoms with Crippen LogP contribution in [-0.2, 0) is 14.3 Å². The summed E-state index contributed by atoms with van der Waals surface area (Å²) in [5.74, 6) is -0.574. The van der Waals surface area contributed by atoms with Gasteiger partial charge in [0.05, 0.1) is 6.10 Å². The molecule has 0 spiro atoms. The molecule has 0 aliphatic carbocycles. The Bertz CT molecular complexity index is 418. The first-order valence-electron chi connectivity index (χ1n) is 6.22. The summed E-state index contributed by atoms with van der Waals surface area (Å²) in [5, 5.41) is 5.20. The van der Waals surface area contributed by atoms with E-state index in [1.807, 2.05) is 32.0 Å². The summed E-state index contributed by atoms with van der Waals surface area (Å²) in [5.41, 5.74) is 0.736. The van der Waals surface area contributed by atoms with Crippen molar-refractivity contribution in [2.75, 3.05) is 13.7 Å². The molecule has 0 aliphatic heterocycles. The average Bonchev–Trinajstić information content (AvgIpc) is 2.42. The largest absolute Gasteiger partial charge is 0.369 e. The molecule has 1 aromatic carbocycles. The molecule has 0 saturated carbocycles. The average molecular weight is 264 g/mol. The number of hydrogen-bond acceptors (Lipinski definition) is 3. The third-order valence-corrected chi connectivity index (χ3v) is 2.49.